The molecule has 0 heterocycles. The van der Waals surface area contributed by atoms with Crippen LogP contribution in [0.5, 0.6) is 11.5 Å². The van der Waals surface area contributed by atoms with Gasteiger partial charge in [-0.15, -0.1) is 0 Å². The molecule has 34 heavy (non-hydrogen) atoms. The van der Waals surface area contributed by atoms with Crippen molar-refractivity contribution in [1.82, 2.24) is 0 Å². The van der Waals surface area contributed by atoms with Gasteiger partial charge in [-0.2, -0.15) is 0 Å². The average Bonchev–Trinajstić information content (AvgIpc) is 2.82. The summed E-state index contributed by atoms with van der Waals surface area (Å²) in [6.45, 7) is 11.9. The fourth-order valence-electron chi connectivity index (χ4n) is 3.76. The lowest BCUT2D eigenvalue weighted by atomic mass is 10.00. The van der Waals surface area contributed by atoms with Gasteiger partial charge in [0.1, 0.15) is 11.5 Å². The van der Waals surface area contributed by atoms with Crippen LogP contribution >= 0.6 is 0 Å². The van der Waals surface area contributed by atoms with E-state index in [2.05, 4.69) is 27.7 Å². The molecule has 0 atom stereocenters. The summed E-state index contributed by atoms with van der Waals surface area (Å²) in [7, 11) is 0. The molecule has 0 bridgehead atoms. The van der Waals surface area contributed by atoms with Crippen molar-refractivity contribution >= 4 is 0 Å². The fraction of sp³-hybridized carbons (Fsp3) is 0.600. The molecule has 0 saturated carbocycles. The smallest absolute Gasteiger partial charge is 0.119 e. The molecule has 0 amide bonds. The SMILES string of the molecule is CC(C)(CCCCOc1ccccc1)OCCCCC(C)(C)OCCCCOc1ccccc1. The van der Waals surface area contributed by atoms with Crippen molar-refractivity contribution < 1.29 is 18.9 Å². The van der Waals surface area contributed by atoms with E-state index in [1.807, 2.05) is 60.7 Å². The molecule has 2 aromatic carbocycles. The van der Waals surface area contributed by atoms with Gasteiger partial charge >= 0.3 is 0 Å². The molecule has 2 aromatic rings. The molecule has 0 radical (unpaired) electrons. The van der Waals surface area contributed by atoms with Gasteiger partial charge in [-0.1, -0.05) is 36.4 Å². The van der Waals surface area contributed by atoms with E-state index in [0.29, 0.717) is 0 Å². The summed E-state index contributed by atoms with van der Waals surface area (Å²) in [5.74, 6) is 1.88. The Morgan fingerprint density at radius 1 is 0.471 bits per heavy atom. The Morgan fingerprint density at radius 3 is 1.26 bits per heavy atom. The standard InChI is InChI=1S/C30H46O4/c1-29(2,21-11-13-23-31-27-17-7-5-8-18-27)33-25-14-12-22-30(3,4)34-26-16-15-24-32-28-19-9-6-10-20-28/h5-10,17-20H,11-16,21-26H2,1-4H3. The van der Waals surface area contributed by atoms with Crippen LogP contribution in [0.25, 0.3) is 0 Å². The van der Waals surface area contributed by atoms with Gasteiger partial charge in [-0.3, -0.25) is 0 Å². The zero-order valence-electron chi connectivity index (χ0n) is 21.9. The number of hydrogen-bond acceptors (Lipinski definition) is 4. The maximum atomic E-state index is 6.18. The third-order valence-electron chi connectivity index (χ3n) is 5.89. The summed E-state index contributed by atoms with van der Waals surface area (Å²) in [6.07, 6.45) is 8.46. The highest BCUT2D eigenvalue weighted by atomic mass is 16.5. The van der Waals surface area contributed by atoms with Crippen LogP contribution in [0.2, 0.25) is 0 Å². The zero-order chi connectivity index (χ0) is 24.5. The molecule has 190 valence electrons. The van der Waals surface area contributed by atoms with E-state index in [-0.39, 0.29) is 11.2 Å². The highest BCUT2D eigenvalue weighted by Crippen LogP contribution is 2.22. The van der Waals surface area contributed by atoms with Crippen molar-refractivity contribution in [3.8, 4) is 11.5 Å². The maximum absolute atomic E-state index is 6.18. The van der Waals surface area contributed by atoms with E-state index in [9.17, 15) is 0 Å². The second-order valence-corrected chi connectivity index (χ2v) is 10.2. The average molecular weight is 471 g/mol. The van der Waals surface area contributed by atoms with Crippen molar-refractivity contribution in [2.24, 2.45) is 0 Å². The molecular weight excluding hydrogens is 424 g/mol. The van der Waals surface area contributed by atoms with Gasteiger partial charge in [0.25, 0.3) is 0 Å². The first-order valence-electron chi connectivity index (χ1n) is 13.0. The number of benzene rings is 2. The van der Waals surface area contributed by atoms with Crippen LogP contribution < -0.4 is 9.47 Å². The zero-order valence-corrected chi connectivity index (χ0v) is 21.9. The van der Waals surface area contributed by atoms with Crippen LogP contribution in [-0.4, -0.2) is 37.6 Å². The van der Waals surface area contributed by atoms with Crippen molar-refractivity contribution in [2.45, 2.75) is 90.3 Å². The highest BCUT2D eigenvalue weighted by Gasteiger charge is 2.19. The van der Waals surface area contributed by atoms with Crippen molar-refractivity contribution in [3.05, 3.63) is 60.7 Å². The van der Waals surface area contributed by atoms with Crippen LogP contribution in [0, 0.1) is 0 Å². The minimum Gasteiger partial charge on any atom is -0.494 e. The predicted octanol–water partition coefficient (Wildman–Crippen LogP) is 7.86. The summed E-state index contributed by atoms with van der Waals surface area (Å²) in [4.78, 5) is 0. The Kier molecular flexibility index (Phi) is 13.1. The van der Waals surface area contributed by atoms with Crippen LogP contribution in [0.1, 0.15) is 79.1 Å². The maximum Gasteiger partial charge on any atom is 0.119 e. The molecule has 4 nitrogen and oxygen atoms in total. The van der Waals surface area contributed by atoms with Gasteiger partial charge in [0.15, 0.2) is 0 Å². The van der Waals surface area contributed by atoms with Gasteiger partial charge in [0.05, 0.1) is 24.4 Å². The van der Waals surface area contributed by atoms with Crippen molar-refractivity contribution in [1.29, 1.82) is 0 Å². The number of unbranched alkanes of at least 4 members (excludes halogenated alkanes) is 3. The summed E-state index contributed by atoms with van der Waals surface area (Å²) in [5, 5.41) is 0. The third kappa shape index (κ3) is 13.6. The van der Waals surface area contributed by atoms with E-state index in [0.717, 1.165) is 89.3 Å². The Morgan fingerprint density at radius 2 is 0.824 bits per heavy atom. The molecule has 0 unspecified atom stereocenters. The van der Waals surface area contributed by atoms with Gasteiger partial charge < -0.3 is 18.9 Å². The Balaban J connectivity index is 1.43. The molecule has 2 rings (SSSR count). The molecule has 0 aliphatic carbocycles. The van der Waals surface area contributed by atoms with Crippen LogP contribution in [-0.2, 0) is 9.47 Å². The van der Waals surface area contributed by atoms with E-state index in [1.54, 1.807) is 0 Å². The quantitative estimate of drug-likeness (QED) is 0.196. The Hall–Kier alpha value is -2.04. The number of hydrogen-bond donors (Lipinski definition) is 0. The summed E-state index contributed by atoms with van der Waals surface area (Å²) in [5.41, 5.74) is -0.171. The first-order chi connectivity index (χ1) is 16.4. The fourth-order valence-corrected chi connectivity index (χ4v) is 3.76. The van der Waals surface area contributed by atoms with Crippen molar-refractivity contribution in [3.63, 3.8) is 0 Å². The van der Waals surface area contributed by atoms with Crippen molar-refractivity contribution in [2.75, 3.05) is 26.4 Å². The third-order valence-corrected chi connectivity index (χ3v) is 5.89. The lowest BCUT2D eigenvalue weighted by molar-refractivity contribution is -0.0394. The number of ether oxygens (including phenoxy) is 4. The highest BCUT2D eigenvalue weighted by molar-refractivity contribution is 5.21. The molecule has 0 aliphatic heterocycles. The summed E-state index contributed by atoms with van der Waals surface area (Å²) >= 11 is 0. The van der Waals surface area contributed by atoms with Crippen LogP contribution in [0.4, 0.5) is 0 Å². The molecule has 0 spiro atoms. The van der Waals surface area contributed by atoms with Gasteiger partial charge in [0, 0.05) is 13.2 Å². The van der Waals surface area contributed by atoms with Gasteiger partial charge in [-0.05, 0) is 103 Å². The molecular formula is C30H46O4. The number of rotatable bonds is 19. The molecule has 0 aromatic heterocycles. The lowest BCUT2D eigenvalue weighted by Crippen LogP contribution is -2.26. The van der Waals surface area contributed by atoms with E-state index >= 15 is 0 Å². The molecule has 4 heteroatoms. The molecule has 0 saturated heterocycles. The van der Waals surface area contributed by atoms with Crippen LogP contribution in [0.15, 0.2) is 60.7 Å². The summed E-state index contributed by atoms with van der Waals surface area (Å²) in [6, 6.07) is 20.0. The number of para-hydroxylation sites is 2. The second-order valence-electron chi connectivity index (χ2n) is 10.2. The normalized spacial score (nSPS) is 12.0. The van der Waals surface area contributed by atoms with Gasteiger partial charge in [-0.25, -0.2) is 0 Å². The second kappa shape index (κ2) is 15.8. The lowest BCUT2D eigenvalue weighted by Gasteiger charge is -2.27. The van der Waals surface area contributed by atoms with E-state index < -0.39 is 0 Å². The monoisotopic (exact) mass is 470 g/mol. The predicted molar refractivity (Wildman–Crippen MR) is 141 cm³/mol. The first kappa shape index (κ1) is 28.2. The topological polar surface area (TPSA) is 36.9 Å². The van der Waals surface area contributed by atoms with Gasteiger partial charge in [0.2, 0.25) is 0 Å². The first-order valence-corrected chi connectivity index (χ1v) is 13.0. The molecule has 0 aliphatic rings. The van der Waals surface area contributed by atoms with Crippen LogP contribution in [0.3, 0.4) is 0 Å². The van der Waals surface area contributed by atoms with E-state index in [1.165, 1.54) is 0 Å². The molecule has 0 fully saturated rings. The Bertz CT molecular complexity index is 743. The van der Waals surface area contributed by atoms with E-state index in [4.69, 9.17) is 18.9 Å². The summed E-state index contributed by atoms with van der Waals surface area (Å²) < 4.78 is 23.8. The molecule has 0 N–H and O–H groups in total. The largest absolute Gasteiger partial charge is 0.494 e. The minimum atomic E-state index is -0.0887. The Labute approximate surface area is 208 Å². The minimum absolute atomic E-state index is 0.0828.